The van der Waals surface area contributed by atoms with Crippen LogP contribution in [-0.4, -0.2) is 33.6 Å². The number of anilines is 2. The van der Waals surface area contributed by atoms with Crippen LogP contribution in [0.2, 0.25) is 0 Å². The van der Waals surface area contributed by atoms with E-state index in [1.165, 1.54) is 7.11 Å². The quantitative estimate of drug-likeness (QED) is 0.832. The molecule has 19 heavy (non-hydrogen) atoms. The maximum atomic E-state index is 5.04. The topological polar surface area (TPSA) is 84.9 Å². The summed E-state index contributed by atoms with van der Waals surface area (Å²) in [6, 6.07) is 0.281. The van der Waals surface area contributed by atoms with Crippen LogP contribution in [0.1, 0.15) is 17.6 Å². The molecule has 0 amide bonds. The van der Waals surface area contributed by atoms with Crippen molar-refractivity contribution in [2.24, 2.45) is 0 Å². The van der Waals surface area contributed by atoms with E-state index in [4.69, 9.17) is 4.74 Å². The van der Waals surface area contributed by atoms with E-state index in [2.05, 4.69) is 30.6 Å². The van der Waals surface area contributed by atoms with E-state index >= 15 is 0 Å². The van der Waals surface area contributed by atoms with Crippen LogP contribution in [0, 0.1) is 6.92 Å². The van der Waals surface area contributed by atoms with Gasteiger partial charge in [0.1, 0.15) is 5.01 Å². The summed E-state index contributed by atoms with van der Waals surface area (Å²) in [5, 5.41) is 9.14. The van der Waals surface area contributed by atoms with Gasteiger partial charge in [-0.3, -0.25) is 0 Å². The third kappa shape index (κ3) is 3.75. The lowest BCUT2D eigenvalue weighted by Gasteiger charge is -2.07. The molecule has 0 saturated heterocycles. The van der Waals surface area contributed by atoms with Crippen molar-refractivity contribution in [3.8, 4) is 6.01 Å². The molecule has 0 unspecified atom stereocenters. The molecule has 0 saturated carbocycles. The molecule has 0 spiro atoms. The van der Waals surface area contributed by atoms with Crippen LogP contribution in [0.5, 0.6) is 6.01 Å². The molecular weight excluding hydrogens is 264 g/mol. The molecule has 0 atom stereocenters. The van der Waals surface area contributed by atoms with Gasteiger partial charge in [-0.15, -0.1) is 11.3 Å². The number of aromatic nitrogens is 4. The molecule has 0 aliphatic heterocycles. The molecule has 0 radical (unpaired) electrons. The molecule has 0 aromatic carbocycles. The summed E-state index contributed by atoms with van der Waals surface area (Å²) in [5.41, 5.74) is 1.02. The molecule has 2 rings (SSSR count). The Bertz CT molecular complexity index is 544. The molecule has 0 aliphatic rings. The second-order valence-electron chi connectivity index (χ2n) is 3.74. The molecule has 2 aromatic rings. The van der Waals surface area contributed by atoms with Crippen molar-refractivity contribution in [1.82, 2.24) is 19.9 Å². The highest BCUT2D eigenvalue weighted by atomic mass is 32.1. The van der Waals surface area contributed by atoms with Gasteiger partial charge in [0.05, 0.1) is 13.7 Å². The van der Waals surface area contributed by atoms with Gasteiger partial charge in [0, 0.05) is 17.6 Å². The molecule has 102 valence electrons. The fraction of sp³-hybridized carbons (Fsp3) is 0.455. The minimum Gasteiger partial charge on any atom is -0.467 e. The van der Waals surface area contributed by atoms with Crippen molar-refractivity contribution in [3.05, 3.63) is 16.1 Å². The maximum absolute atomic E-state index is 5.04. The third-order valence-electron chi connectivity index (χ3n) is 2.20. The van der Waals surface area contributed by atoms with Gasteiger partial charge in [-0.1, -0.05) is 0 Å². The fourth-order valence-electron chi connectivity index (χ4n) is 1.40. The van der Waals surface area contributed by atoms with E-state index in [1.807, 2.05) is 19.2 Å². The standard InChI is InChI=1S/C11H16N6OS/c1-4-12-9-15-10(17-11(16-9)18-3)13-5-8-14-7(2)6-19-8/h6H,4-5H2,1-3H3,(H2,12,13,15,16,17). The summed E-state index contributed by atoms with van der Waals surface area (Å²) in [6.07, 6.45) is 0. The van der Waals surface area contributed by atoms with Gasteiger partial charge in [-0.2, -0.15) is 15.0 Å². The second-order valence-corrected chi connectivity index (χ2v) is 4.68. The van der Waals surface area contributed by atoms with Crippen LogP contribution < -0.4 is 15.4 Å². The molecule has 0 bridgehead atoms. The van der Waals surface area contributed by atoms with E-state index in [0.717, 1.165) is 17.2 Å². The lowest BCUT2D eigenvalue weighted by molar-refractivity contribution is 0.379. The SMILES string of the molecule is CCNc1nc(NCc2nc(C)cs2)nc(OC)n1. The molecule has 8 heteroatoms. The van der Waals surface area contributed by atoms with Crippen molar-refractivity contribution in [1.29, 1.82) is 0 Å². The first-order chi connectivity index (χ1) is 9.21. The number of rotatable bonds is 6. The van der Waals surface area contributed by atoms with Gasteiger partial charge in [-0.05, 0) is 13.8 Å². The average Bonchev–Trinajstić information content (AvgIpc) is 2.82. The maximum Gasteiger partial charge on any atom is 0.322 e. The molecule has 0 fully saturated rings. The van der Waals surface area contributed by atoms with Gasteiger partial charge in [0.15, 0.2) is 0 Å². The fourth-order valence-corrected chi connectivity index (χ4v) is 2.11. The van der Waals surface area contributed by atoms with Crippen molar-refractivity contribution in [3.63, 3.8) is 0 Å². The van der Waals surface area contributed by atoms with Gasteiger partial charge >= 0.3 is 6.01 Å². The van der Waals surface area contributed by atoms with Gasteiger partial charge in [-0.25, -0.2) is 4.98 Å². The first-order valence-corrected chi connectivity index (χ1v) is 6.78. The van der Waals surface area contributed by atoms with Crippen LogP contribution >= 0.6 is 11.3 Å². The van der Waals surface area contributed by atoms with E-state index in [9.17, 15) is 0 Å². The zero-order chi connectivity index (χ0) is 13.7. The zero-order valence-corrected chi connectivity index (χ0v) is 11.9. The average molecular weight is 280 g/mol. The zero-order valence-electron chi connectivity index (χ0n) is 11.1. The Balaban J connectivity index is 2.08. The number of aryl methyl sites for hydroxylation is 1. The summed E-state index contributed by atoms with van der Waals surface area (Å²) in [5.74, 6) is 0.961. The highest BCUT2D eigenvalue weighted by Crippen LogP contribution is 2.13. The largest absolute Gasteiger partial charge is 0.467 e. The second kappa shape index (κ2) is 6.28. The first kappa shape index (κ1) is 13.5. The van der Waals surface area contributed by atoms with E-state index in [1.54, 1.807) is 11.3 Å². The number of ether oxygens (including phenoxy) is 1. The monoisotopic (exact) mass is 280 g/mol. The normalized spacial score (nSPS) is 10.3. The Morgan fingerprint density at radius 1 is 1.16 bits per heavy atom. The third-order valence-corrected chi connectivity index (χ3v) is 3.16. The molecule has 7 nitrogen and oxygen atoms in total. The Morgan fingerprint density at radius 2 is 1.89 bits per heavy atom. The summed E-state index contributed by atoms with van der Waals surface area (Å²) < 4.78 is 5.04. The van der Waals surface area contributed by atoms with Gasteiger partial charge in [0.2, 0.25) is 11.9 Å². The number of nitrogens with zero attached hydrogens (tertiary/aromatic N) is 4. The number of methoxy groups -OCH3 is 1. The summed E-state index contributed by atoms with van der Waals surface area (Å²) in [4.78, 5) is 16.8. The van der Waals surface area contributed by atoms with Gasteiger partial charge < -0.3 is 15.4 Å². The summed E-state index contributed by atoms with van der Waals surface area (Å²) in [6.45, 7) is 5.26. The lowest BCUT2D eigenvalue weighted by Crippen LogP contribution is -2.09. The van der Waals surface area contributed by atoms with Crippen molar-refractivity contribution in [2.75, 3.05) is 24.3 Å². The van der Waals surface area contributed by atoms with E-state index < -0.39 is 0 Å². The molecule has 0 aliphatic carbocycles. The Kier molecular flexibility index (Phi) is 4.45. The number of thiazole rings is 1. The van der Waals surface area contributed by atoms with Gasteiger partial charge in [0.25, 0.3) is 0 Å². The Morgan fingerprint density at radius 3 is 2.47 bits per heavy atom. The summed E-state index contributed by atoms with van der Waals surface area (Å²) >= 11 is 1.60. The predicted octanol–water partition coefficient (Wildman–Crippen LogP) is 1.69. The number of hydrogen-bond donors (Lipinski definition) is 2. The van der Waals surface area contributed by atoms with Crippen LogP contribution in [0.4, 0.5) is 11.9 Å². The molecule has 2 N–H and O–H groups in total. The highest BCUT2D eigenvalue weighted by Gasteiger charge is 2.06. The Hall–Kier alpha value is -1.96. The van der Waals surface area contributed by atoms with Crippen LogP contribution in [0.25, 0.3) is 0 Å². The predicted molar refractivity (Wildman–Crippen MR) is 74.7 cm³/mol. The minimum atomic E-state index is 0.281. The molecular formula is C11H16N6OS. The number of nitrogens with one attached hydrogen (secondary N) is 2. The lowest BCUT2D eigenvalue weighted by atomic mass is 10.6. The molecule has 2 heterocycles. The highest BCUT2D eigenvalue weighted by molar-refractivity contribution is 7.09. The number of hydrogen-bond acceptors (Lipinski definition) is 8. The smallest absolute Gasteiger partial charge is 0.322 e. The van der Waals surface area contributed by atoms with E-state index in [-0.39, 0.29) is 6.01 Å². The Labute approximate surface area is 115 Å². The first-order valence-electron chi connectivity index (χ1n) is 5.90. The van der Waals surface area contributed by atoms with E-state index in [0.29, 0.717) is 18.4 Å². The van der Waals surface area contributed by atoms with Crippen molar-refractivity contribution in [2.45, 2.75) is 20.4 Å². The van der Waals surface area contributed by atoms with Crippen LogP contribution in [-0.2, 0) is 6.54 Å². The molecule has 2 aromatic heterocycles. The minimum absolute atomic E-state index is 0.281. The van der Waals surface area contributed by atoms with Crippen molar-refractivity contribution >= 4 is 23.2 Å². The van der Waals surface area contributed by atoms with Crippen molar-refractivity contribution < 1.29 is 4.74 Å². The summed E-state index contributed by atoms with van der Waals surface area (Å²) in [7, 11) is 1.53. The van der Waals surface area contributed by atoms with Crippen LogP contribution in [0.3, 0.4) is 0 Å². The van der Waals surface area contributed by atoms with Crippen LogP contribution in [0.15, 0.2) is 5.38 Å².